The molecule has 0 unspecified atom stereocenters. The highest BCUT2D eigenvalue weighted by Gasteiger charge is 2.47. The van der Waals surface area contributed by atoms with Gasteiger partial charge in [0.2, 0.25) is 0 Å². The van der Waals surface area contributed by atoms with Crippen molar-refractivity contribution in [2.75, 3.05) is 0 Å². The van der Waals surface area contributed by atoms with Gasteiger partial charge in [0, 0.05) is 24.3 Å². The van der Waals surface area contributed by atoms with Gasteiger partial charge in [-0.3, -0.25) is 0 Å². The molecule has 4 aliphatic rings. The second-order valence-corrected chi connectivity index (χ2v) is 7.74. The summed E-state index contributed by atoms with van der Waals surface area (Å²) in [6.45, 7) is 1.03. The number of rotatable bonds is 3. The largest absolute Gasteiger partial charge is 0.361 e. The van der Waals surface area contributed by atoms with Gasteiger partial charge in [-0.1, -0.05) is 12.1 Å². The number of aromatic nitrogens is 1. The van der Waals surface area contributed by atoms with Crippen molar-refractivity contribution in [2.24, 2.45) is 23.7 Å². The van der Waals surface area contributed by atoms with Crippen LogP contribution in [0, 0.1) is 23.7 Å². The van der Waals surface area contributed by atoms with Gasteiger partial charge < -0.3 is 10.3 Å². The second kappa shape index (κ2) is 4.61. The summed E-state index contributed by atoms with van der Waals surface area (Å²) < 4.78 is 0. The van der Waals surface area contributed by atoms with Crippen molar-refractivity contribution in [3.63, 3.8) is 0 Å². The zero-order chi connectivity index (χ0) is 13.8. The number of aromatic amines is 1. The number of nitrogens with one attached hydrogen (secondary N) is 2. The maximum absolute atomic E-state index is 3.92. The summed E-state index contributed by atoms with van der Waals surface area (Å²) >= 11 is 0. The van der Waals surface area contributed by atoms with Crippen LogP contribution in [-0.4, -0.2) is 11.0 Å². The quantitative estimate of drug-likeness (QED) is 0.871. The van der Waals surface area contributed by atoms with Crippen molar-refractivity contribution in [1.29, 1.82) is 0 Å². The molecule has 21 heavy (non-hydrogen) atoms. The summed E-state index contributed by atoms with van der Waals surface area (Å²) in [6, 6.07) is 9.75. The maximum Gasteiger partial charge on any atom is 0.0457 e. The fourth-order valence-corrected chi connectivity index (χ4v) is 5.70. The van der Waals surface area contributed by atoms with Crippen molar-refractivity contribution in [3.05, 3.63) is 36.0 Å². The molecule has 1 aromatic heterocycles. The van der Waals surface area contributed by atoms with E-state index in [1.165, 1.54) is 42.1 Å². The zero-order valence-electron chi connectivity index (χ0n) is 12.5. The Morgan fingerprint density at radius 1 is 0.952 bits per heavy atom. The summed E-state index contributed by atoms with van der Waals surface area (Å²) in [5, 5.41) is 5.24. The second-order valence-electron chi connectivity index (χ2n) is 7.74. The minimum absolute atomic E-state index is 0.789. The van der Waals surface area contributed by atoms with Crippen LogP contribution in [0.3, 0.4) is 0 Å². The van der Waals surface area contributed by atoms with E-state index >= 15 is 0 Å². The molecule has 4 saturated carbocycles. The molecule has 6 rings (SSSR count). The molecule has 2 aromatic rings. The average molecular weight is 280 g/mol. The summed E-state index contributed by atoms with van der Waals surface area (Å²) in [5.74, 6) is 4.08. The molecule has 2 nitrogen and oxygen atoms in total. The summed E-state index contributed by atoms with van der Waals surface area (Å²) in [6.07, 6.45) is 9.57. The lowest BCUT2D eigenvalue weighted by atomic mass is 9.54. The van der Waals surface area contributed by atoms with Gasteiger partial charge in [-0.15, -0.1) is 0 Å². The molecule has 0 aliphatic heterocycles. The molecule has 4 aliphatic carbocycles. The molecule has 1 aromatic carbocycles. The number of hydrogen-bond acceptors (Lipinski definition) is 1. The van der Waals surface area contributed by atoms with Gasteiger partial charge >= 0.3 is 0 Å². The van der Waals surface area contributed by atoms with Crippen LogP contribution in [0.4, 0.5) is 0 Å². The first-order valence-corrected chi connectivity index (χ1v) is 8.64. The van der Waals surface area contributed by atoms with Gasteiger partial charge in [0.25, 0.3) is 0 Å². The number of fused-ring (bicyclic) bond motifs is 1. The molecule has 0 atom stereocenters. The van der Waals surface area contributed by atoms with Crippen LogP contribution in [0.1, 0.15) is 37.7 Å². The average Bonchev–Trinajstić information content (AvgIpc) is 2.93. The number of benzene rings is 1. The molecule has 4 fully saturated rings. The van der Waals surface area contributed by atoms with Gasteiger partial charge in [0.1, 0.15) is 0 Å². The van der Waals surface area contributed by atoms with Gasteiger partial charge in [-0.05, 0) is 78.9 Å². The van der Waals surface area contributed by atoms with Crippen LogP contribution in [0.2, 0.25) is 0 Å². The van der Waals surface area contributed by atoms with E-state index in [0.29, 0.717) is 0 Å². The topological polar surface area (TPSA) is 27.8 Å². The first kappa shape index (κ1) is 12.3. The van der Waals surface area contributed by atoms with Crippen LogP contribution in [-0.2, 0) is 6.54 Å². The van der Waals surface area contributed by atoms with E-state index in [1.54, 1.807) is 6.42 Å². The van der Waals surface area contributed by atoms with E-state index in [4.69, 9.17) is 0 Å². The van der Waals surface area contributed by atoms with Crippen molar-refractivity contribution >= 4 is 10.9 Å². The normalized spacial score (nSPS) is 37.4. The minimum Gasteiger partial charge on any atom is -0.361 e. The van der Waals surface area contributed by atoms with E-state index in [2.05, 4.69) is 34.6 Å². The Morgan fingerprint density at radius 2 is 1.71 bits per heavy atom. The molecule has 0 saturated heterocycles. The summed E-state index contributed by atoms with van der Waals surface area (Å²) in [7, 11) is 0. The number of H-pyrrole nitrogens is 1. The Labute approximate surface area is 126 Å². The van der Waals surface area contributed by atoms with Gasteiger partial charge in [0.15, 0.2) is 0 Å². The Hall–Kier alpha value is -1.28. The third-order valence-corrected chi connectivity index (χ3v) is 6.39. The third kappa shape index (κ3) is 2.03. The molecule has 2 N–H and O–H groups in total. The molecule has 110 valence electrons. The first-order chi connectivity index (χ1) is 10.3. The van der Waals surface area contributed by atoms with Crippen LogP contribution in [0.5, 0.6) is 0 Å². The molecule has 1 heterocycles. The van der Waals surface area contributed by atoms with Crippen LogP contribution >= 0.6 is 0 Å². The SMILES string of the molecule is c1cc2ccc(CNC3C4CC5CC(C4)CC3C5)cc2[nH]1. The van der Waals surface area contributed by atoms with E-state index in [0.717, 1.165) is 36.3 Å². The van der Waals surface area contributed by atoms with Crippen molar-refractivity contribution in [2.45, 2.75) is 44.7 Å². The summed E-state index contributed by atoms with van der Waals surface area (Å²) in [5.41, 5.74) is 2.68. The van der Waals surface area contributed by atoms with E-state index < -0.39 is 0 Å². The Morgan fingerprint density at radius 3 is 2.48 bits per heavy atom. The van der Waals surface area contributed by atoms with Gasteiger partial charge in [0.05, 0.1) is 0 Å². The van der Waals surface area contributed by atoms with Crippen LogP contribution < -0.4 is 5.32 Å². The van der Waals surface area contributed by atoms with Crippen molar-refractivity contribution in [3.8, 4) is 0 Å². The molecule has 0 spiro atoms. The molecule has 2 heteroatoms. The predicted molar refractivity (Wildman–Crippen MR) is 86.0 cm³/mol. The minimum atomic E-state index is 0.789. The van der Waals surface area contributed by atoms with E-state index in [9.17, 15) is 0 Å². The summed E-state index contributed by atoms with van der Waals surface area (Å²) in [4.78, 5) is 3.32. The fraction of sp³-hybridized carbons (Fsp3) is 0.579. The Kier molecular flexibility index (Phi) is 2.69. The van der Waals surface area contributed by atoms with E-state index in [1.807, 2.05) is 6.20 Å². The molecular formula is C19H24N2. The van der Waals surface area contributed by atoms with Crippen LogP contribution in [0.25, 0.3) is 10.9 Å². The maximum atomic E-state index is 3.92. The van der Waals surface area contributed by atoms with Crippen molar-refractivity contribution < 1.29 is 0 Å². The molecule has 0 amide bonds. The highest BCUT2D eigenvalue weighted by molar-refractivity contribution is 5.79. The predicted octanol–water partition coefficient (Wildman–Crippen LogP) is 4.08. The number of hydrogen-bond donors (Lipinski definition) is 2. The van der Waals surface area contributed by atoms with Gasteiger partial charge in [-0.25, -0.2) is 0 Å². The van der Waals surface area contributed by atoms with Crippen LogP contribution in [0.15, 0.2) is 30.5 Å². The fourth-order valence-electron chi connectivity index (χ4n) is 5.70. The molecule has 4 bridgehead atoms. The van der Waals surface area contributed by atoms with Crippen molar-refractivity contribution in [1.82, 2.24) is 10.3 Å². The highest BCUT2D eigenvalue weighted by Crippen LogP contribution is 2.53. The highest BCUT2D eigenvalue weighted by atomic mass is 14.9. The lowest BCUT2D eigenvalue weighted by molar-refractivity contribution is -0.0142. The standard InChI is InChI=1S/C19H24N2/c1-2-15-3-4-20-18(15)10-12(1)11-21-19-16-6-13-5-14(8-16)9-17(19)7-13/h1-4,10,13-14,16-17,19-21H,5-9,11H2. The molecule has 0 radical (unpaired) electrons. The lowest BCUT2D eigenvalue weighted by Gasteiger charge is -2.54. The first-order valence-electron chi connectivity index (χ1n) is 8.64. The monoisotopic (exact) mass is 280 g/mol. The third-order valence-electron chi connectivity index (χ3n) is 6.39. The Bertz CT molecular complexity index is 628. The lowest BCUT2D eigenvalue weighted by Crippen LogP contribution is -2.54. The Balaban J connectivity index is 1.31. The van der Waals surface area contributed by atoms with Gasteiger partial charge in [-0.2, -0.15) is 0 Å². The smallest absolute Gasteiger partial charge is 0.0457 e. The van der Waals surface area contributed by atoms with E-state index in [-0.39, 0.29) is 0 Å². The zero-order valence-corrected chi connectivity index (χ0v) is 12.5. The molecular weight excluding hydrogens is 256 g/mol.